The van der Waals surface area contributed by atoms with Crippen molar-refractivity contribution < 1.29 is 4.79 Å². The van der Waals surface area contributed by atoms with E-state index in [-0.39, 0.29) is 5.78 Å². The van der Waals surface area contributed by atoms with Gasteiger partial charge >= 0.3 is 0 Å². The van der Waals surface area contributed by atoms with Crippen molar-refractivity contribution in [1.82, 2.24) is 5.32 Å². The topological polar surface area (TPSA) is 29.1 Å². The maximum Gasteiger partial charge on any atom is 0.160 e. The van der Waals surface area contributed by atoms with Gasteiger partial charge in [0.1, 0.15) is 0 Å². The molecule has 0 bridgehead atoms. The molecule has 0 saturated carbocycles. The number of nitrogens with one attached hydrogen (secondary N) is 1. The third-order valence-electron chi connectivity index (χ3n) is 1.96. The summed E-state index contributed by atoms with van der Waals surface area (Å²) in [6.07, 6.45) is 0. The van der Waals surface area contributed by atoms with Gasteiger partial charge in [0.25, 0.3) is 0 Å². The Morgan fingerprint density at radius 3 is 2.69 bits per heavy atom. The highest BCUT2D eigenvalue weighted by atomic mass is 16.1. The second-order valence-corrected chi connectivity index (χ2v) is 2.99. The number of hydrogen-bond acceptors (Lipinski definition) is 2. The van der Waals surface area contributed by atoms with Crippen molar-refractivity contribution >= 4 is 5.78 Å². The summed E-state index contributed by atoms with van der Waals surface area (Å²) >= 11 is 0. The lowest BCUT2D eigenvalue weighted by atomic mass is 10.0. The molecule has 0 aliphatic rings. The van der Waals surface area contributed by atoms with Crippen LogP contribution in [-0.4, -0.2) is 12.3 Å². The van der Waals surface area contributed by atoms with Crippen molar-refractivity contribution in [3.8, 4) is 0 Å². The van der Waals surface area contributed by atoms with Gasteiger partial charge in [0.15, 0.2) is 5.78 Å². The molecule has 70 valence electrons. The fourth-order valence-electron chi connectivity index (χ4n) is 1.28. The molecule has 0 amide bonds. The van der Waals surface area contributed by atoms with E-state index in [1.807, 2.05) is 24.3 Å². The fourth-order valence-corrected chi connectivity index (χ4v) is 1.28. The number of Topliss-reactive ketones (excluding diaryl/α,β-unsaturated/α-hetero) is 1. The Hall–Kier alpha value is -1.15. The number of hydrogen-bond donors (Lipinski definition) is 1. The lowest BCUT2D eigenvalue weighted by molar-refractivity contribution is 0.101. The second-order valence-electron chi connectivity index (χ2n) is 2.99. The van der Waals surface area contributed by atoms with Gasteiger partial charge < -0.3 is 5.32 Å². The first kappa shape index (κ1) is 9.93. The summed E-state index contributed by atoms with van der Waals surface area (Å²) in [7, 11) is 0. The Morgan fingerprint density at radius 2 is 2.08 bits per heavy atom. The number of benzene rings is 1. The van der Waals surface area contributed by atoms with Crippen LogP contribution in [0.25, 0.3) is 0 Å². The molecule has 2 nitrogen and oxygen atoms in total. The first-order valence-corrected chi connectivity index (χ1v) is 4.55. The maximum absolute atomic E-state index is 11.2. The zero-order valence-corrected chi connectivity index (χ0v) is 8.13. The SMILES string of the molecule is CCNCc1ccccc1C(C)=O. The van der Waals surface area contributed by atoms with Crippen LogP contribution in [0.2, 0.25) is 0 Å². The molecular weight excluding hydrogens is 162 g/mol. The largest absolute Gasteiger partial charge is 0.313 e. The molecule has 0 aliphatic heterocycles. The Morgan fingerprint density at radius 1 is 1.38 bits per heavy atom. The smallest absolute Gasteiger partial charge is 0.160 e. The highest BCUT2D eigenvalue weighted by Gasteiger charge is 2.04. The van der Waals surface area contributed by atoms with E-state index in [0.29, 0.717) is 0 Å². The monoisotopic (exact) mass is 177 g/mol. The van der Waals surface area contributed by atoms with Crippen molar-refractivity contribution in [3.05, 3.63) is 35.4 Å². The van der Waals surface area contributed by atoms with Gasteiger partial charge in [0.05, 0.1) is 0 Å². The molecule has 1 rings (SSSR count). The van der Waals surface area contributed by atoms with Crippen LogP contribution < -0.4 is 5.32 Å². The molecule has 0 heterocycles. The van der Waals surface area contributed by atoms with E-state index in [2.05, 4.69) is 12.2 Å². The maximum atomic E-state index is 11.2. The van der Waals surface area contributed by atoms with Gasteiger partial charge in [-0.3, -0.25) is 4.79 Å². The van der Waals surface area contributed by atoms with E-state index >= 15 is 0 Å². The van der Waals surface area contributed by atoms with Crippen LogP contribution >= 0.6 is 0 Å². The Bertz CT molecular complexity index is 294. The van der Waals surface area contributed by atoms with Crippen molar-refractivity contribution in [1.29, 1.82) is 0 Å². The normalized spacial score (nSPS) is 10.0. The highest BCUT2D eigenvalue weighted by molar-refractivity contribution is 5.95. The van der Waals surface area contributed by atoms with E-state index in [0.717, 1.165) is 24.2 Å². The molecule has 0 atom stereocenters. The van der Waals surface area contributed by atoms with E-state index in [9.17, 15) is 4.79 Å². The molecule has 13 heavy (non-hydrogen) atoms. The molecule has 2 heteroatoms. The first-order valence-electron chi connectivity index (χ1n) is 4.55. The fraction of sp³-hybridized carbons (Fsp3) is 0.364. The minimum Gasteiger partial charge on any atom is -0.313 e. The minimum atomic E-state index is 0.133. The molecule has 0 unspecified atom stereocenters. The zero-order chi connectivity index (χ0) is 9.68. The van der Waals surface area contributed by atoms with Gasteiger partial charge in [-0.15, -0.1) is 0 Å². The number of carbonyl (C=O) groups excluding carboxylic acids is 1. The molecule has 1 aromatic rings. The van der Waals surface area contributed by atoms with Crippen LogP contribution in [0.4, 0.5) is 0 Å². The van der Waals surface area contributed by atoms with Gasteiger partial charge in [-0.1, -0.05) is 31.2 Å². The Labute approximate surface area is 79.0 Å². The lowest BCUT2D eigenvalue weighted by Crippen LogP contribution is -2.14. The minimum absolute atomic E-state index is 0.133. The number of carbonyl (C=O) groups is 1. The van der Waals surface area contributed by atoms with Crippen molar-refractivity contribution in [2.24, 2.45) is 0 Å². The molecular formula is C11H15NO. The first-order chi connectivity index (χ1) is 6.25. The number of rotatable bonds is 4. The van der Waals surface area contributed by atoms with Gasteiger partial charge in [0.2, 0.25) is 0 Å². The predicted octanol–water partition coefficient (Wildman–Crippen LogP) is 2.00. The molecule has 0 aliphatic carbocycles. The van der Waals surface area contributed by atoms with Crippen LogP contribution in [0, 0.1) is 0 Å². The average molecular weight is 177 g/mol. The predicted molar refractivity (Wildman–Crippen MR) is 53.8 cm³/mol. The summed E-state index contributed by atoms with van der Waals surface area (Å²) in [5, 5.41) is 3.21. The van der Waals surface area contributed by atoms with E-state index < -0.39 is 0 Å². The van der Waals surface area contributed by atoms with E-state index in [1.54, 1.807) is 6.92 Å². The standard InChI is InChI=1S/C11H15NO/c1-3-12-8-10-6-4-5-7-11(10)9(2)13/h4-7,12H,3,8H2,1-2H3. The summed E-state index contributed by atoms with van der Waals surface area (Å²) in [5.74, 6) is 0.133. The Kier molecular flexibility index (Phi) is 3.65. The van der Waals surface area contributed by atoms with Crippen molar-refractivity contribution in [2.45, 2.75) is 20.4 Å². The van der Waals surface area contributed by atoms with Crippen molar-refractivity contribution in [2.75, 3.05) is 6.54 Å². The summed E-state index contributed by atoms with van der Waals surface area (Å²) in [6.45, 7) is 5.35. The van der Waals surface area contributed by atoms with E-state index in [4.69, 9.17) is 0 Å². The van der Waals surface area contributed by atoms with Gasteiger partial charge in [-0.05, 0) is 19.0 Å². The van der Waals surface area contributed by atoms with Crippen LogP contribution in [-0.2, 0) is 6.54 Å². The Balaban J connectivity index is 2.84. The van der Waals surface area contributed by atoms with E-state index in [1.165, 1.54) is 0 Å². The molecule has 0 fully saturated rings. The lowest BCUT2D eigenvalue weighted by Gasteiger charge is -2.06. The van der Waals surface area contributed by atoms with Crippen LogP contribution in [0.5, 0.6) is 0 Å². The molecule has 0 aromatic heterocycles. The number of ketones is 1. The van der Waals surface area contributed by atoms with Crippen LogP contribution in [0.1, 0.15) is 29.8 Å². The second kappa shape index (κ2) is 4.77. The molecule has 0 radical (unpaired) electrons. The molecule has 1 N–H and O–H groups in total. The molecule has 1 aromatic carbocycles. The third kappa shape index (κ3) is 2.67. The van der Waals surface area contributed by atoms with Crippen LogP contribution in [0.3, 0.4) is 0 Å². The van der Waals surface area contributed by atoms with Gasteiger partial charge in [0, 0.05) is 12.1 Å². The third-order valence-corrected chi connectivity index (χ3v) is 1.96. The zero-order valence-electron chi connectivity index (χ0n) is 8.13. The average Bonchev–Trinajstić information content (AvgIpc) is 2.15. The van der Waals surface area contributed by atoms with Crippen molar-refractivity contribution in [3.63, 3.8) is 0 Å². The van der Waals surface area contributed by atoms with Crippen LogP contribution in [0.15, 0.2) is 24.3 Å². The summed E-state index contributed by atoms with van der Waals surface area (Å²) in [5.41, 5.74) is 1.90. The molecule has 0 saturated heterocycles. The van der Waals surface area contributed by atoms with Gasteiger partial charge in [-0.25, -0.2) is 0 Å². The van der Waals surface area contributed by atoms with Gasteiger partial charge in [-0.2, -0.15) is 0 Å². The quantitative estimate of drug-likeness (QED) is 0.713. The highest BCUT2D eigenvalue weighted by Crippen LogP contribution is 2.08. The summed E-state index contributed by atoms with van der Waals surface area (Å²) < 4.78 is 0. The summed E-state index contributed by atoms with van der Waals surface area (Å²) in [4.78, 5) is 11.2. The molecule has 0 spiro atoms. The summed E-state index contributed by atoms with van der Waals surface area (Å²) in [6, 6.07) is 7.71.